The predicted molar refractivity (Wildman–Crippen MR) is 87.1 cm³/mol. The van der Waals surface area contributed by atoms with Crippen LogP contribution in [0, 0.1) is 0 Å². The standard InChI is InChI=1S/C16H27N5/c1-4-20(5-2)13-8-9-21(11-13)15-10-14(17-3)18-16(19-15)12-6-7-12/h10,12-13H,4-9,11H2,1-3H3,(H,17,18,19). The van der Waals surface area contributed by atoms with E-state index in [-0.39, 0.29) is 0 Å². The Kier molecular flexibility index (Phi) is 4.29. The van der Waals surface area contributed by atoms with Gasteiger partial charge >= 0.3 is 0 Å². The molecule has 1 aliphatic carbocycles. The molecule has 0 bridgehead atoms. The molecule has 5 heteroatoms. The first-order valence-corrected chi connectivity index (χ1v) is 8.30. The van der Waals surface area contributed by atoms with Crippen molar-refractivity contribution in [2.75, 3.05) is 43.4 Å². The van der Waals surface area contributed by atoms with E-state index >= 15 is 0 Å². The smallest absolute Gasteiger partial charge is 0.136 e. The van der Waals surface area contributed by atoms with Crippen LogP contribution in [0.4, 0.5) is 11.6 Å². The summed E-state index contributed by atoms with van der Waals surface area (Å²) >= 11 is 0. The number of hydrogen-bond donors (Lipinski definition) is 1. The molecule has 2 aliphatic rings. The van der Waals surface area contributed by atoms with Crippen molar-refractivity contribution in [2.24, 2.45) is 0 Å². The number of hydrogen-bond acceptors (Lipinski definition) is 5. The molecule has 5 nitrogen and oxygen atoms in total. The second kappa shape index (κ2) is 6.18. The molecule has 0 radical (unpaired) electrons. The molecule has 1 atom stereocenters. The van der Waals surface area contributed by atoms with E-state index in [1.165, 1.54) is 19.3 Å². The van der Waals surface area contributed by atoms with Crippen LogP contribution in [-0.2, 0) is 0 Å². The highest BCUT2D eigenvalue weighted by molar-refractivity contribution is 5.50. The van der Waals surface area contributed by atoms with Crippen LogP contribution in [0.5, 0.6) is 0 Å². The monoisotopic (exact) mass is 289 g/mol. The van der Waals surface area contributed by atoms with Crippen LogP contribution < -0.4 is 10.2 Å². The normalized spacial score (nSPS) is 22.1. The molecule has 21 heavy (non-hydrogen) atoms. The molecule has 1 N–H and O–H groups in total. The summed E-state index contributed by atoms with van der Waals surface area (Å²) in [5.74, 6) is 3.68. The van der Waals surface area contributed by atoms with Gasteiger partial charge in [0, 0.05) is 38.2 Å². The van der Waals surface area contributed by atoms with Gasteiger partial charge < -0.3 is 10.2 Å². The molecule has 3 rings (SSSR count). The van der Waals surface area contributed by atoms with Gasteiger partial charge in [0.15, 0.2) is 0 Å². The molecular weight excluding hydrogens is 262 g/mol. The lowest BCUT2D eigenvalue weighted by atomic mass is 10.2. The van der Waals surface area contributed by atoms with E-state index < -0.39 is 0 Å². The van der Waals surface area contributed by atoms with Crippen LogP contribution in [0.3, 0.4) is 0 Å². The molecule has 1 aliphatic heterocycles. The highest BCUT2D eigenvalue weighted by atomic mass is 15.3. The maximum Gasteiger partial charge on any atom is 0.136 e. The summed E-state index contributed by atoms with van der Waals surface area (Å²) in [6, 6.07) is 2.76. The fraction of sp³-hybridized carbons (Fsp3) is 0.750. The second-order valence-corrected chi connectivity index (χ2v) is 6.10. The van der Waals surface area contributed by atoms with Crippen LogP contribution in [0.1, 0.15) is 44.9 Å². The summed E-state index contributed by atoms with van der Waals surface area (Å²) in [4.78, 5) is 14.4. The number of anilines is 2. The minimum absolute atomic E-state index is 0.596. The van der Waals surface area contributed by atoms with Crippen molar-refractivity contribution in [1.82, 2.24) is 14.9 Å². The molecule has 1 saturated heterocycles. The fourth-order valence-electron chi connectivity index (χ4n) is 3.25. The molecule has 0 amide bonds. The third-order valence-electron chi connectivity index (χ3n) is 4.74. The highest BCUT2D eigenvalue weighted by Crippen LogP contribution is 2.39. The van der Waals surface area contributed by atoms with Crippen molar-refractivity contribution in [1.29, 1.82) is 0 Å². The Bertz CT molecular complexity index is 482. The molecular formula is C16H27N5. The average Bonchev–Trinajstić information content (AvgIpc) is 3.27. The molecule has 2 fully saturated rings. The highest BCUT2D eigenvalue weighted by Gasteiger charge is 2.30. The number of aromatic nitrogens is 2. The lowest BCUT2D eigenvalue weighted by Gasteiger charge is -2.26. The molecule has 0 aromatic carbocycles. The number of rotatable bonds is 6. The molecule has 0 spiro atoms. The predicted octanol–water partition coefficient (Wildman–Crippen LogP) is 2.32. The van der Waals surface area contributed by atoms with Gasteiger partial charge in [0.25, 0.3) is 0 Å². The van der Waals surface area contributed by atoms with Crippen LogP contribution >= 0.6 is 0 Å². The largest absolute Gasteiger partial charge is 0.373 e. The van der Waals surface area contributed by atoms with Crippen molar-refractivity contribution in [3.05, 3.63) is 11.9 Å². The Morgan fingerprint density at radius 2 is 2.00 bits per heavy atom. The third kappa shape index (κ3) is 3.12. The van der Waals surface area contributed by atoms with E-state index in [0.717, 1.165) is 43.6 Å². The minimum atomic E-state index is 0.596. The lowest BCUT2D eigenvalue weighted by Crippen LogP contribution is -2.37. The summed E-state index contributed by atoms with van der Waals surface area (Å²) in [6.45, 7) is 8.96. The summed E-state index contributed by atoms with van der Waals surface area (Å²) in [5, 5.41) is 3.18. The number of nitrogens with zero attached hydrogens (tertiary/aromatic N) is 4. The van der Waals surface area contributed by atoms with Gasteiger partial charge in [0.1, 0.15) is 17.5 Å². The van der Waals surface area contributed by atoms with E-state index in [0.29, 0.717) is 12.0 Å². The summed E-state index contributed by atoms with van der Waals surface area (Å²) in [5.41, 5.74) is 0. The molecule has 1 aromatic rings. The van der Waals surface area contributed by atoms with Gasteiger partial charge in [-0.2, -0.15) is 0 Å². The lowest BCUT2D eigenvalue weighted by molar-refractivity contribution is 0.232. The van der Waals surface area contributed by atoms with Gasteiger partial charge in [0.2, 0.25) is 0 Å². The molecule has 2 heterocycles. The number of nitrogens with one attached hydrogen (secondary N) is 1. The zero-order valence-electron chi connectivity index (χ0n) is 13.5. The van der Waals surface area contributed by atoms with Crippen molar-refractivity contribution in [3.8, 4) is 0 Å². The Hall–Kier alpha value is -1.36. The quantitative estimate of drug-likeness (QED) is 0.870. The molecule has 1 aromatic heterocycles. The Labute approximate surface area is 127 Å². The van der Waals surface area contributed by atoms with Crippen LogP contribution in [0.25, 0.3) is 0 Å². The van der Waals surface area contributed by atoms with Gasteiger partial charge in [-0.1, -0.05) is 13.8 Å². The maximum absolute atomic E-state index is 4.83. The van der Waals surface area contributed by atoms with Gasteiger partial charge in [-0.3, -0.25) is 4.90 Å². The zero-order valence-corrected chi connectivity index (χ0v) is 13.5. The zero-order chi connectivity index (χ0) is 14.8. The van der Waals surface area contributed by atoms with Crippen LogP contribution in [0.15, 0.2) is 6.07 Å². The van der Waals surface area contributed by atoms with Crippen LogP contribution in [-0.4, -0.2) is 54.1 Å². The third-order valence-corrected chi connectivity index (χ3v) is 4.74. The number of likely N-dealkylation sites (N-methyl/N-ethyl adjacent to an activating group) is 1. The SMILES string of the molecule is CCN(CC)C1CCN(c2cc(NC)nc(C3CC3)n2)C1. The Morgan fingerprint density at radius 1 is 1.24 bits per heavy atom. The Balaban J connectivity index is 1.76. The van der Waals surface area contributed by atoms with E-state index in [4.69, 9.17) is 4.98 Å². The van der Waals surface area contributed by atoms with Crippen molar-refractivity contribution in [2.45, 2.75) is 45.1 Å². The van der Waals surface area contributed by atoms with Crippen molar-refractivity contribution >= 4 is 11.6 Å². The topological polar surface area (TPSA) is 44.3 Å². The summed E-state index contributed by atoms with van der Waals surface area (Å²) in [7, 11) is 1.94. The first-order valence-electron chi connectivity index (χ1n) is 8.30. The van der Waals surface area contributed by atoms with E-state index in [9.17, 15) is 0 Å². The van der Waals surface area contributed by atoms with E-state index in [1.807, 2.05) is 7.05 Å². The minimum Gasteiger partial charge on any atom is -0.373 e. The molecule has 116 valence electrons. The van der Waals surface area contributed by atoms with Crippen molar-refractivity contribution in [3.63, 3.8) is 0 Å². The molecule has 1 saturated carbocycles. The maximum atomic E-state index is 4.83. The first-order chi connectivity index (χ1) is 10.2. The fourth-order valence-corrected chi connectivity index (χ4v) is 3.25. The summed E-state index contributed by atoms with van der Waals surface area (Å²) in [6.07, 6.45) is 3.72. The van der Waals surface area contributed by atoms with E-state index in [2.05, 4.69) is 40.0 Å². The Morgan fingerprint density at radius 3 is 2.62 bits per heavy atom. The van der Waals surface area contributed by atoms with Crippen molar-refractivity contribution < 1.29 is 0 Å². The first kappa shape index (κ1) is 14.6. The van der Waals surface area contributed by atoms with Gasteiger partial charge in [0.05, 0.1) is 0 Å². The summed E-state index contributed by atoms with van der Waals surface area (Å²) < 4.78 is 0. The van der Waals surface area contributed by atoms with Gasteiger partial charge in [-0.25, -0.2) is 9.97 Å². The second-order valence-electron chi connectivity index (χ2n) is 6.10. The van der Waals surface area contributed by atoms with Gasteiger partial charge in [-0.15, -0.1) is 0 Å². The van der Waals surface area contributed by atoms with Gasteiger partial charge in [-0.05, 0) is 32.4 Å². The van der Waals surface area contributed by atoms with E-state index in [1.54, 1.807) is 0 Å². The molecule has 1 unspecified atom stereocenters. The average molecular weight is 289 g/mol. The van der Waals surface area contributed by atoms with Crippen LogP contribution in [0.2, 0.25) is 0 Å².